The molecule has 3 nitrogen and oxygen atoms in total. The van der Waals surface area contributed by atoms with Crippen LogP contribution in [0.2, 0.25) is 0 Å². The number of rotatable bonds is 5. The van der Waals surface area contributed by atoms with E-state index in [0.29, 0.717) is 5.56 Å². The van der Waals surface area contributed by atoms with Gasteiger partial charge in [0.05, 0.1) is 18.6 Å². The third kappa shape index (κ3) is 4.56. The molecular formula is C17H16F3NO2. The van der Waals surface area contributed by atoms with Gasteiger partial charge in [-0.15, -0.1) is 0 Å². The second kappa shape index (κ2) is 7.28. The van der Waals surface area contributed by atoms with E-state index in [1.807, 2.05) is 0 Å². The maximum absolute atomic E-state index is 13.2. The van der Waals surface area contributed by atoms with E-state index < -0.39 is 29.6 Å². The van der Waals surface area contributed by atoms with Gasteiger partial charge in [-0.05, 0) is 42.3 Å². The van der Waals surface area contributed by atoms with E-state index in [4.69, 9.17) is 0 Å². The lowest BCUT2D eigenvalue weighted by molar-refractivity contribution is -0.121. The molecule has 2 aromatic rings. The number of nitrogens with one attached hydrogen (secondary N) is 1. The van der Waals surface area contributed by atoms with Crippen LogP contribution in [0.5, 0.6) is 0 Å². The van der Waals surface area contributed by atoms with Crippen LogP contribution in [-0.2, 0) is 11.2 Å². The number of hydrogen-bond acceptors (Lipinski definition) is 2. The number of benzene rings is 2. The fraction of sp³-hybridized carbons (Fsp3) is 0.235. The van der Waals surface area contributed by atoms with Crippen molar-refractivity contribution in [2.24, 2.45) is 0 Å². The number of hydrogen-bond donors (Lipinski definition) is 2. The highest BCUT2D eigenvalue weighted by Crippen LogP contribution is 2.19. The Labute approximate surface area is 131 Å². The van der Waals surface area contributed by atoms with Gasteiger partial charge in [-0.2, -0.15) is 0 Å². The van der Waals surface area contributed by atoms with Crippen LogP contribution < -0.4 is 5.32 Å². The first-order valence-electron chi connectivity index (χ1n) is 7.03. The van der Waals surface area contributed by atoms with Gasteiger partial charge >= 0.3 is 0 Å². The van der Waals surface area contributed by atoms with Crippen molar-refractivity contribution in [3.63, 3.8) is 0 Å². The Kier molecular flexibility index (Phi) is 5.39. The normalized spacial score (nSPS) is 13.4. The Morgan fingerprint density at radius 2 is 1.74 bits per heavy atom. The third-order valence-electron chi connectivity index (χ3n) is 3.43. The average molecular weight is 323 g/mol. The summed E-state index contributed by atoms with van der Waals surface area (Å²) in [5.74, 6) is -2.83. The highest BCUT2D eigenvalue weighted by atomic mass is 19.2. The predicted octanol–water partition coefficient (Wildman–Crippen LogP) is 2.88. The van der Waals surface area contributed by atoms with Crippen molar-refractivity contribution >= 4 is 5.91 Å². The zero-order valence-corrected chi connectivity index (χ0v) is 12.4. The van der Waals surface area contributed by atoms with E-state index >= 15 is 0 Å². The Bertz CT molecular complexity index is 689. The second-order valence-electron chi connectivity index (χ2n) is 5.28. The van der Waals surface area contributed by atoms with Crippen LogP contribution in [0.4, 0.5) is 13.2 Å². The predicted molar refractivity (Wildman–Crippen MR) is 79.0 cm³/mol. The zero-order chi connectivity index (χ0) is 17.0. The third-order valence-corrected chi connectivity index (χ3v) is 3.43. The fourth-order valence-corrected chi connectivity index (χ4v) is 2.16. The lowest BCUT2D eigenvalue weighted by atomic mass is 10.0. The van der Waals surface area contributed by atoms with Crippen LogP contribution in [0.3, 0.4) is 0 Å². The SMILES string of the molecule is CC(NC(=O)Cc1ccc(F)cc1)C(O)c1ccc(F)c(F)c1. The molecule has 2 rings (SSSR count). The van der Waals surface area contributed by atoms with Gasteiger partial charge in [0.25, 0.3) is 0 Å². The minimum absolute atomic E-state index is 0.0229. The molecule has 0 spiro atoms. The van der Waals surface area contributed by atoms with Gasteiger partial charge in [-0.1, -0.05) is 18.2 Å². The van der Waals surface area contributed by atoms with Crippen molar-refractivity contribution in [2.45, 2.75) is 25.5 Å². The molecule has 0 radical (unpaired) electrons. The molecule has 2 atom stereocenters. The van der Waals surface area contributed by atoms with Gasteiger partial charge in [-0.3, -0.25) is 4.79 Å². The van der Waals surface area contributed by atoms with Gasteiger partial charge in [0.1, 0.15) is 5.82 Å². The van der Waals surface area contributed by atoms with Crippen molar-refractivity contribution in [1.29, 1.82) is 0 Å². The molecule has 2 unspecified atom stereocenters. The van der Waals surface area contributed by atoms with E-state index in [1.165, 1.54) is 30.3 Å². The van der Waals surface area contributed by atoms with Gasteiger partial charge in [0.2, 0.25) is 5.91 Å². The van der Waals surface area contributed by atoms with Crippen LogP contribution in [0.15, 0.2) is 42.5 Å². The zero-order valence-electron chi connectivity index (χ0n) is 12.4. The maximum atomic E-state index is 13.2. The van der Waals surface area contributed by atoms with E-state index in [1.54, 1.807) is 6.92 Å². The Hall–Kier alpha value is -2.34. The van der Waals surface area contributed by atoms with Crippen LogP contribution in [0.25, 0.3) is 0 Å². The van der Waals surface area contributed by atoms with Crippen molar-refractivity contribution < 1.29 is 23.1 Å². The number of aliphatic hydroxyl groups is 1. The van der Waals surface area contributed by atoms with Crippen LogP contribution >= 0.6 is 0 Å². The van der Waals surface area contributed by atoms with Crippen LogP contribution in [0, 0.1) is 17.5 Å². The van der Waals surface area contributed by atoms with Crippen LogP contribution in [0.1, 0.15) is 24.2 Å². The molecule has 2 aromatic carbocycles. The lowest BCUT2D eigenvalue weighted by Gasteiger charge is -2.21. The highest BCUT2D eigenvalue weighted by Gasteiger charge is 2.19. The van der Waals surface area contributed by atoms with Crippen molar-refractivity contribution in [3.05, 3.63) is 71.0 Å². The number of aliphatic hydroxyl groups excluding tert-OH is 1. The summed E-state index contributed by atoms with van der Waals surface area (Å²) < 4.78 is 38.9. The fourth-order valence-electron chi connectivity index (χ4n) is 2.16. The molecule has 0 heterocycles. The van der Waals surface area contributed by atoms with Gasteiger partial charge < -0.3 is 10.4 Å². The van der Waals surface area contributed by atoms with E-state index in [9.17, 15) is 23.1 Å². The number of carbonyl (C=O) groups is 1. The molecule has 0 aliphatic carbocycles. The topological polar surface area (TPSA) is 49.3 Å². The summed E-state index contributed by atoms with van der Waals surface area (Å²) in [5.41, 5.74) is 0.789. The summed E-state index contributed by atoms with van der Waals surface area (Å²) in [4.78, 5) is 11.9. The number of carbonyl (C=O) groups excluding carboxylic acids is 1. The van der Waals surface area contributed by atoms with Crippen LogP contribution in [-0.4, -0.2) is 17.1 Å². The van der Waals surface area contributed by atoms with Gasteiger partial charge in [0, 0.05) is 0 Å². The van der Waals surface area contributed by atoms with E-state index in [-0.39, 0.29) is 17.9 Å². The largest absolute Gasteiger partial charge is 0.386 e. The maximum Gasteiger partial charge on any atom is 0.224 e. The quantitative estimate of drug-likeness (QED) is 0.889. The van der Waals surface area contributed by atoms with E-state index in [2.05, 4.69) is 5.32 Å². The van der Waals surface area contributed by atoms with E-state index in [0.717, 1.165) is 12.1 Å². The summed E-state index contributed by atoms with van der Waals surface area (Å²) >= 11 is 0. The minimum Gasteiger partial charge on any atom is -0.386 e. The first kappa shape index (κ1) is 17.0. The monoisotopic (exact) mass is 323 g/mol. The second-order valence-corrected chi connectivity index (χ2v) is 5.28. The summed E-state index contributed by atoms with van der Waals surface area (Å²) in [7, 11) is 0. The molecule has 0 bridgehead atoms. The number of halogens is 3. The lowest BCUT2D eigenvalue weighted by Crippen LogP contribution is -2.38. The van der Waals surface area contributed by atoms with Gasteiger partial charge in [-0.25, -0.2) is 13.2 Å². The average Bonchev–Trinajstić information content (AvgIpc) is 2.51. The van der Waals surface area contributed by atoms with Crippen molar-refractivity contribution in [2.75, 3.05) is 0 Å². The van der Waals surface area contributed by atoms with Crippen molar-refractivity contribution in [3.8, 4) is 0 Å². The molecule has 0 aliphatic rings. The number of amides is 1. The molecule has 0 aromatic heterocycles. The van der Waals surface area contributed by atoms with Crippen molar-refractivity contribution in [1.82, 2.24) is 5.32 Å². The molecule has 1 amide bonds. The summed E-state index contributed by atoms with van der Waals surface area (Å²) in [6, 6.07) is 7.85. The van der Waals surface area contributed by atoms with Gasteiger partial charge in [0.15, 0.2) is 11.6 Å². The summed E-state index contributed by atoms with van der Waals surface area (Å²) in [5, 5.41) is 12.7. The molecule has 122 valence electrons. The Morgan fingerprint density at radius 3 is 2.35 bits per heavy atom. The molecular weight excluding hydrogens is 307 g/mol. The summed E-state index contributed by atoms with van der Waals surface area (Å²) in [6.07, 6.45) is -1.16. The Morgan fingerprint density at radius 1 is 1.09 bits per heavy atom. The molecule has 2 N–H and O–H groups in total. The first-order chi connectivity index (χ1) is 10.9. The molecule has 0 saturated carbocycles. The molecule has 0 fully saturated rings. The standard InChI is InChI=1S/C17H16F3NO2/c1-10(17(23)12-4-7-14(19)15(20)9-12)21-16(22)8-11-2-5-13(18)6-3-11/h2-7,9-10,17,23H,8H2,1H3,(H,21,22). The summed E-state index contributed by atoms with van der Waals surface area (Å²) in [6.45, 7) is 1.55. The minimum atomic E-state index is -1.18. The Balaban J connectivity index is 1.96. The first-order valence-corrected chi connectivity index (χ1v) is 7.03. The highest BCUT2D eigenvalue weighted by molar-refractivity contribution is 5.78. The molecule has 0 aliphatic heterocycles. The molecule has 6 heteroatoms. The molecule has 0 saturated heterocycles. The molecule has 23 heavy (non-hydrogen) atoms. The smallest absolute Gasteiger partial charge is 0.224 e.